The van der Waals surface area contributed by atoms with E-state index < -0.39 is 0 Å². The number of nitrogens with one attached hydrogen (secondary N) is 1. The van der Waals surface area contributed by atoms with Crippen LogP contribution in [0.1, 0.15) is 44.3 Å². The zero-order valence-electron chi connectivity index (χ0n) is 8.70. The molecule has 1 fully saturated rings. The molecule has 1 aliphatic carbocycles. The highest BCUT2D eigenvalue weighted by Gasteiger charge is 2.26. The van der Waals surface area contributed by atoms with Gasteiger partial charge in [-0.05, 0) is 25.3 Å². The lowest BCUT2D eigenvalue weighted by molar-refractivity contribution is 0.368. The molecule has 0 aromatic carbocycles. The Hall–Kier alpha value is -0.410. The number of hydrogen-bond donors (Lipinski definition) is 1. The molecule has 1 atom stereocenters. The van der Waals surface area contributed by atoms with Gasteiger partial charge in [0.15, 0.2) is 0 Å². The Kier molecular flexibility index (Phi) is 3.54. The van der Waals surface area contributed by atoms with Gasteiger partial charge in [-0.15, -0.1) is 11.3 Å². The van der Waals surface area contributed by atoms with Gasteiger partial charge in [-0.2, -0.15) is 0 Å². The first kappa shape index (κ1) is 10.1. The average Bonchev–Trinajstić information content (AvgIpc) is 2.87. The van der Waals surface area contributed by atoms with Crippen LogP contribution < -0.4 is 5.32 Å². The summed E-state index contributed by atoms with van der Waals surface area (Å²) in [5.74, 6) is 0.817. The Morgan fingerprint density at radius 3 is 2.93 bits per heavy atom. The second-order valence-corrected chi connectivity index (χ2v) is 4.71. The Bertz CT molecular complexity index is 252. The molecule has 78 valence electrons. The van der Waals surface area contributed by atoms with Crippen LogP contribution in [0.2, 0.25) is 0 Å². The first-order valence-electron chi connectivity index (χ1n) is 5.53. The van der Waals surface area contributed by atoms with Gasteiger partial charge < -0.3 is 5.32 Å². The second-order valence-electron chi connectivity index (χ2n) is 3.99. The fraction of sp³-hybridized carbons (Fsp3) is 0.727. The largest absolute Gasteiger partial charge is 0.309 e. The number of nitrogens with zero attached hydrogens (tertiary/aromatic N) is 1. The van der Waals surface area contributed by atoms with Gasteiger partial charge in [0.05, 0.1) is 17.2 Å². The van der Waals surface area contributed by atoms with E-state index in [9.17, 15) is 0 Å². The van der Waals surface area contributed by atoms with E-state index in [1.807, 2.05) is 5.51 Å². The Morgan fingerprint density at radius 1 is 1.57 bits per heavy atom. The lowest BCUT2D eigenvalue weighted by Gasteiger charge is -2.22. The van der Waals surface area contributed by atoms with Crippen molar-refractivity contribution in [3.05, 3.63) is 16.6 Å². The molecule has 1 aromatic rings. The molecule has 1 N–H and O–H groups in total. The molecule has 0 radical (unpaired) electrons. The van der Waals surface area contributed by atoms with Gasteiger partial charge in [-0.1, -0.05) is 19.8 Å². The third-order valence-electron chi connectivity index (χ3n) is 3.07. The lowest BCUT2D eigenvalue weighted by Crippen LogP contribution is -2.27. The molecule has 0 aliphatic heterocycles. The molecule has 0 amide bonds. The van der Waals surface area contributed by atoms with Crippen molar-refractivity contribution in [1.82, 2.24) is 10.3 Å². The highest BCUT2D eigenvalue weighted by Crippen LogP contribution is 2.35. The Labute approximate surface area is 89.8 Å². The molecule has 2 nitrogen and oxygen atoms in total. The number of thiazole rings is 1. The molecule has 1 saturated carbocycles. The predicted octanol–water partition coefficient (Wildman–Crippen LogP) is 2.98. The van der Waals surface area contributed by atoms with Crippen LogP contribution in [0.3, 0.4) is 0 Å². The molecule has 1 aromatic heterocycles. The minimum atomic E-state index is 0.508. The van der Waals surface area contributed by atoms with Crippen molar-refractivity contribution >= 4 is 11.3 Å². The van der Waals surface area contributed by atoms with Crippen LogP contribution in [-0.4, -0.2) is 11.5 Å². The van der Waals surface area contributed by atoms with E-state index in [0.29, 0.717) is 6.04 Å². The minimum absolute atomic E-state index is 0.508. The van der Waals surface area contributed by atoms with Gasteiger partial charge in [0.2, 0.25) is 0 Å². The van der Waals surface area contributed by atoms with Gasteiger partial charge >= 0.3 is 0 Å². The van der Waals surface area contributed by atoms with Crippen molar-refractivity contribution in [1.29, 1.82) is 0 Å². The normalized spacial score (nSPS) is 20.1. The summed E-state index contributed by atoms with van der Waals surface area (Å²) in [5, 5.41) is 5.76. The number of rotatable bonds is 4. The van der Waals surface area contributed by atoms with E-state index in [1.54, 1.807) is 11.3 Å². The van der Waals surface area contributed by atoms with Crippen LogP contribution in [0.4, 0.5) is 0 Å². The topological polar surface area (TPSA) is 24.9 Å². The Morgan fingerprint density at radius 2 is 2.36 bits per heavy atom. The fourth-order valence-corrected chi connectivity index (χ4v) is 2.99. The van der Waals surface area contributed by atoms with Crippen LogP contribution in [0, 0.1) is 5.92 Å². The summed E-state index contributed by atoms with van der Waals surface area (Å²) in [4.78, 5) is 4.44. The van der Waals surface area contributed by atoms with Crippen molar-refractivity contribution in [2.45, 2.75) is 38.6 Å². The van der Waals surface area contributed by atoms with Crippen molar-refractivity contribution in [3.8, 4) is 0 Å². The van der Waals surface area contributed by atoms with Gasteiger partial charge in [-0.25, -0.2) is 4.98 Å². The zero-order valence-corrected chi connectivity index (χ0v) is 9.52. The standard InChI is InChI=1S/C11H18N2S/c1-2-12-11(9-5-3-4-6-9)10-7-14-8-13-10/h7-9,11-12H,2-6H2,1H3. The summed E-state index contributed by atoms with van der Waals surface area (Å²) < 4.78 is 0. The average molecular weight is 210 g/mol. The first-order valence-corrected chi connectivity index (χ1v) is 6.47. The summed E-state index contributed by atoms with van der Waals surface area (Å²) >= 11 is 1.70. The second kappa shape index (κ2) is 4.89. The highest BCUT2D eigenvalue weighted by molar-refractivity contribution is 7.07. The number of aromatic nitrogens is 1. The fourth-order valence-electron chi connectivity index (χ4n) is 2.40. The molecular weight excluding hydrogens is 192 g/mol. The molecular formula is C11H18N2S. The molecule has 0 bridgehead atoms. The Balaban J connectivity index is 2.06. The SMILES string of the molecule is CCNC(c1cscn1)C1CCCC1. The predicted molar refractivity (Wildman–Crippen MR) is 60.5 cm³/mol. The van der Waals surface area contributed by atoms with Gasteiger partial charge in [-0.3, -0.25) is 0 Å². The summed E-state index contributed by atoms with van der Waals surface area (Å²) in [7, 11) is 0. The van der Waals surface area contributed by atoms with E-state index in [1.165, 1.54) is 31.4 Å². The monoisotopic (exact) mass is 210 g/mol. The van der Waals surface area contributed by atoms with E-state index >= 15 is 0 Å². The molecule has 1 unspecified atom stereocenters. The quantitative estimate of drug-likeness (QED) is 0.826. The molecule has 0 saturated heterocycles. The van der Waals surface area contributed by atoms with E-state index in [-0.39, 0.29) is 0 Å². The van der Waals surface area contributed by atoms with E-state index in [4.69, 9.17) is 0 Å². The van der Waals surface area contributed by atoms with Crippen LogP contribution in [0.25, 0.3) is 0 Å². The summed E-state index contributed by atoms with van der Waals surface area (Å²) in [6, 6.07) is 0.508. The third kappa shape index (κ3) is 2.15. The van der Waals surface area contributed by atoms with Crippen molar-refractivity contribution in [3.63, 3.8) is 0 Å². The van der Waals surface area contributed by atoms with Gasteiger partial charge in [0.1, 0.15) is 0 Å². The molecule has 3 heteroatoms. The zero-order chi connectivity index (χ0) is 9.80. The van der Waals surface area contributed by atoms with E-state index in [0.717, 1.165) is 12.5 Å². The molecule has 2 rings (SSSR count). The van der Waals surface area contributed by atoms with Crippen LogP contribution in [0.15, 0.2) is 10.9 Å². The smallest absolute Gasteiger partial charge is 0.0795 e. The summed E-state index contributed by atoms with van der Waals surface area (Å²) in [6.07, 6.45) is 5.54. The van der Waals surface area contributed by atoms with E-state index in [2.05, 4.69) is 22.6 Å². The third-order valence-corrected chi connectivity index (χ3v) is 3.67. The highest BCUT2D eigenvalue weighted by atomic mass is 32.1. The summed E-state index contributed by atoms with van der Waals surface area (Å²) in [6.45, 7) is 3.22. The van der Waals surface area contributed by atoms with Crippen LogP contribution in [0.5, 0.6) is 0 Å². The van der Waals surface area contributed by atoms with Gasteiger partial charge in [0.25, 0.3) is 0 Å². The number of hydrogen-bond acceptors (Lipinski definition) is 3. The maximum Gasteiger partial charge on any atom is 0.0795 e. The van der Waals surface area contributed by atoms with Crippen molar-refractivity contribution in [2.75, 3.05) is 6.54 Å². The molecule has 0 spiro atoms. The van der Waals surface area contributed by atoms with Crippen LogP contribution >= 0.6 is 11.3 Å². The molecule has 14 heavy (non-hydrogen) atoms. The van der Waals surface area contributed by atoms with Crippen LogP contribution in [-0.2, 0) is 0 Å². The van der Waals surface area contributed by atoms with Crippen molar-refractivity contribution in [2.24, 2.45) is 5.92 Å². The molecule has 1 heterocycles. The van der Waals surface area contributed by atoms with Crippen molar-refractivity contribution < 1.29 is 0 Å². The minimum Gasteiger partial charge on any atom is -0.309 e. The maximum absolute atomic E-state index is 4.44. The molecule has 1 aliphatic rings. The van der Waals surface area contributed by atoms with Gasteiger partial charge in [0, 0.05) is 5.38 Å². The first-order chi connectivity index (χ1) is 6.92. The lowest BCUT2D eigenvalue weighted by atomic mass is 9.96. The maximum atomic E-state index is 4.44. The summed E-state index contributed by atoms with van der Waals surface area (Å²) in [5.41, 5.74) is 3.19.